The van der Waals surface area contributed by atoms with Crippen molar-refractivity contribution in [3.8, 4) is 0 Å². The number of nitrogens with one attached hydrogen (secondary N) is 3. The highest BCUT2D eigenvalue weighted by Gasteiger charge is 2.61. The van der Waals surface area contributed by atoms with E-state index >= 15 is 0 Å². The first-order valence-electron chi connectivity index (χ1n) is 12.9. The van der Waals surface area contributed by atoms with E-state index in [1.54, 1.807) is 27.7 Å². The van der Waals surface area contributed by atoms with Crippen molar-refractivity contribution in [1.29, 1.82) is 0 Å². The smallest absolute Gasteiger partial charge is 0.344 e. The van der Waals surface area contributed by atoms with Crippen LogP contribution < -0.4 is 16.0 Å². The summed E-state index contributed by atoms with van der Waals surface area (Å²) in [7, 11) is 4.13. The van der Waals surface area contributed by atoms with Gasteiger partial charge in [0, 0.05) is 0 Å². The van der Waals surface area contributed by atoms with Crippen LogP contribution in [0.15, 0.2) is 0 Å². The second-order valence-corrected chi connectivity index (χ2v) is 10.6. The Morgan fingerprint density at radius 2 is 1.23 bits per heavy atom. The summed E-state index contributed by atoms with van der Waals surface area (Å²) in [6.07, 6.45) is -2.37. The number of carboxylic acid groups (broad SMARTS) is 1. The average Bonchev–Trinajstić information content (AvgIpc) is 2.86. The van der Waals surface area contributed by atoms with E-state index in [2.05, 4.69) is 16.0 Å². The predicted molar refractivity (Wildman–Crippen MR) is 141 cm³/mol. The van der Waals surface area contributed by atoms with Gasteiger partial charge in [-0.25, -0.2) is 4.79 Å². The van der Waals surface area contributed by atoms with Gasteiger partial charge in [-0.1, -0.05) is 34.1 Å². The van der Waals surface area contributed by atoms with Gasteiger partial charge in [0.05, 0.1) is 31.0 Å². The van der Waals surface area contributed by atoms with Gasteiger partial charge in [-0.2, -0.15) is 0 Å². The number of aliphatic hydroxyl groups is 3. The molecule has 0 rings (SSSR count). The topological polar surface area (TPSA) is 219 Å². The zero-order valence-corrected chi connectivity index (χ0v) is 24.2. The van der Waals surface area contributed by atoms with E-state index < -0.39 is 82.7 Å². The predicted octanol–water partition coefficient (Wildman–Crippen LogP) is -1.60. The third-order valence-corrected chi connectivity index (χ3v) is 7.34. The Morgan fingerprint density at radius 3 is 1.59 bits per heavy atom. The molecule has 224 valence electrons. The second-order valence-electron chi connectivity index (χ2n) is 10.6. The average molecular weight is 560 g/mol. The molecule has 39 heavy (non-hydrogen) atoms. The van der Waals surface area contributed by atoms with Gasteiger partial charge in [-0.3, -0.25) is 24.0 Å². The van der Waals surface area contributed by atoms with Crippen molar-refractivity contribution in [3.63, 3.8) is 0 Å². The van der Waals surface area contributed by atoms with Crippen LogP contribution >= 0.6 is 0 Å². The van der Waals surface area contributed by atoms with Crippen LogP contribution in [0.25, 0.3) is 0 Å². The Balaban J connectivity index is 6.78. The fourth-order valence-electron chi connectivity index (χ4n) is 4.34. The van der Waals surface area contributed by atoms with Gasteiger partial charge >= 0.3 is 5.97 Å². The summed E-state index contributed by atoms with van der Waals surface area (Å²) in [6, 6.07) is -3.33. The third-order valence-electron chi connectivity index (χ3n) is 7.34. The van der Waals surface area contributed by atoms with E-state index in [9.17, 15) is 49.2 Å². The minimum atomic E-state index is -3.61. The lowest BCUT2D eigenvalue weighted by atomic mass is 9.72. The van der Waals surface area contributed by atoms with Crippen molar-refractivity contribution < 1.29 is 49.2 Å². The molecule has 0 spiro atoms. The first-order chi connectivity index (χ1) is 17.7. The summed E-state index contributed by atoms with van der Waals surface area (Å²) < 4.78 is 0. The molecular formula is C26H45N3O10. The van der Waals surface area contributed by atoms with Gasteiger partial charge < -0.3 is 36.4 Å². The van der Waals surface area contributed by atoms with Crippen LogP contribution in [0.2, 0.25) is 0 Å². The molecule has 0 heterocycles. The molecule has 7 atom stereocenters. The highest BCUT2D eigenvalue weighted by Crippen LogP contribution is 2.30. The van der Waals surface area contributed by atoms with Gasteiger partial charge in [0.2, 0.25) is 11.4 Å². The van der Waals surface area contributed by atoms with Crippen LogP contribution in [-0.4, -0.2) is 111 Å². The second kappa shape index (κ2) is 14.3. The van der Waals surface area contributed by atoms with E-state index in [1.807, 2.05) is 0 Å². The van der Waals surface area contributed by atoms with E-state index in [0.29, 0.717) is 6.42 Å². The van der Waals surface area contributed by atoms with E-state index in [0.717, 1.165) is 6.92 Å². The Morgan fingerprint density at radius 1 is 0.744 bits per heavy atom. The maximum absolute atomic E-state index is 13.6. The molecule has 0 aromatic heterocycles. The van der Waals surface area contributed by atoms with E-state index in [-0.39, 0.29) is 11.8 Å². The standard InChI is InChI=1S/C26H45N3O10/c1-10-14(4)19(29-9)16(30)11-26(39,23(35)36)22(34)25(38,20(32)15(5)27-7)12-17(31)24(6,37)21(33)18(28-8)13(2)3/h13-15,18-19,27-29,37-39H,10-12H2,1-9H3,(H,35,36)/t14-,15+,18+,19+,24?,25?,26?/m1/s1. The molecule has 0 saturated carbocycles. The summed E-state index contributed by atoms with van der Waals surface area (Å²) in [5.74, 6) is -9.74. The normalized spacial score (nSPS) is 19.5. The lowest BCUT2D eigenvalue weighted by Gasteiger charge is -2.36. The van der Waals surface area contributed by atoms with Crippen molar-refractivity contribution >= 4 is 34.9 Å². The highest BCUT2D eigenvalue weighted by molar-refractivity contribution is 6.25. The Labute approximate surface area is 229 Å². The molecule has 0 saturated heterocycles. The fourth-order valence-corrected chi connectivity index (χ4v) is 4.34. The molecule has 0 aliphatic heterocycles. The maximum Gasteiger partial charge on any atom is 0.344 e. The molecule has 0 amide bonds. The molecule has 0 aliphatic rings. The summed E-state index contributed by atoms with van der Waals surface area (Å²) in [6.45, 7) is 8.76. The number of likely N-dealkylation sites (N-methyl/N-ethyl adjacent to an activating group) is 3. The van der Waals surface area contributed by atoms with Crippen LogP contribution in [0, 0.1) is 11.8 Å². The Bertz CT molecular complexity index is 950. The van der Waals surface area contributed by atoms with Crippen molar-refractivity contribution in [2.45, 2.75) is 95.7 Å². The van der Waals surface area contributed by atoms with Gasteiger partial charge in [0.15, 0.2) is 34.3 Å². The first-order valence-corrected chi connectivity index (χ1v) is 12.9. The quantitative estimate of drug-likeness (QED) is 0.0887. The molecule has 0 radical (unpaired) electrons. The lowest BCUT2D eigenvalue weighted by molar-refractivity contribution is -0.181. The summed E-state index contributed by atoms with van der Waals surface area (Å²) in [4.78, 5) is 78.1. The number of aliphatic carboxylic acids is 1. The largest absolute Gasteiger partial charge is 0.479 e. The zero-order valence-electron chi connectivity index (χ0n) is 24.2. The third kappa shape index (κ3) is 7.83. The molecule has 7 N–H and O–H groups in total. The number of ketones is 5. The van der Waals surface area contributed by atoms with Gasteiger partial charge in [0.1, 0.15) is 0 Å². The number of hydrogen-bond donors (Lipinski definition) is 7. The number of rotatable bonds is 19. The molecule has 0 aromatic carbocycles. The number of carbonyl (C=O) groups excluding carboxylic acids is 5. The van der Waals surface area contributed by atoms with Gasteiger partial charge in [-0.15, -0.1) is 0 Å². The van der Waals surface area contributed by atoms with E-state index in [4.69, 9.17) is 0 Å². The van der Waals surface area contributed by atoms with Gasteiger partial charge in [0.25, 0.3) is 0 Å². The monoisotopic (exact) mass is 559 g/mol. The molecule has 13 nitrogen and oxygen atoms in total. The molecular weight excluding hydrogens is 514 g/mol. The zero-order chi connectivity index (χ0) is 31.1. The maximum atomic E-state index is 13.6. The van der Waals surface area contributed by atoms with Crippen molar-refractivity contribution in [1.82, 2.24) is 16.0 Å². The number of Topliss-reactive ketones (excluding diaryl/α,β-unsaturated/α-hetero) is 5. The minimum absolute atomic E-state index is 0.329. The number of carboxylic acids is 1. The van der Waals surface area contributed by atoms with Crippen molar-refractivity contribution in [2.24, 2.45) is 11.8 Å². The molecule has 3 unspecified atom stereocenters. The minimum Gasteiger partial charge on any atom is -0.479 e. The van der Waals surface area contributed by atoms with Crippen LogP contribution in [0.4, 0.5) is 0 Å². The molecule has 0 fully saturated rings. The van der Waals surface area contributed by atoms with Gasteiger partial charge in [-0.05, 0) is 46.8 Å². The molecule has 0 aliphatic carbocycles. The Hall–Kier alpha value is -2.42. The SMILES string of the molecule is CC[C@@H](C)[C@H](NC)C(=O)CC(O)(C(=O)O)C(=O)C(O)(CC(=O)C(C)(O)C(=O)[C@@H](NC)C(C)C)C(=O)[C@H](C)NC. The molecule has 0 bridgehead atoms. The van der Waals surface area contributed by atoms with Crippen LogP contribution in [-0.2, 0) is 28.8 Å². The molecule has 0 aromatic rings. The Kier molecular flexibility index (Phi) is 13.4. The van der Waals surface area contributed by atoms with Crippen LogP contribution in [0.3, 0.4) is 0 Å². The number of hydrogen-bond acceptors (Lipinski definition) is 12. The fraction of sp³-hybridized carbons (Fsp3) is 0.769. The van der Waals surface area contributed by atoms with E-state index in [1.165, 1.54) is 28.1 Å². The van der Waals surface area contributed by atoms with Crippen molar-refractivity contribution in [2.75, 3.05) is 21.1 Å². The van der Waals surface area contributed by atoms with Crippen LogP contribution in [0.5, 0.6) is 0 Å². The summed E-state index contributed by atoms with van der Waals surface area (Å²) >= 11 is 0. The lowest BCUT2D eigenvalue weighted by Crippen LogP contribution is -2.66. The number of carbonyl (C=O) groups is 6. The first kappa shape index (κ1) is 36.6. The summed E-state index contributed by atoms with van der Waals surface area (Å²) in [5, 5.41) is 50.8. The molecule has 13 heteroatoms. The summed E-state index contributed by atoms with van der Waals surface area (Å²) in [5.41, 5.74) is -9.94. The van der Waals surface area contributed by atoms with Crippen molar-refractivity contribution in [3.05, 3.63) is 0 Å². The van der Waals surface area contributed by atoms with Crippen LogP contribution in [0.1, 0.15) is 60.8 Å². The highest BCUT2D eigenvalue weighted by atomic mass is 16.4.